The monoisotopic (exact) mass is 377 g/mol. The van der Waals surface area contributed by atoms with Gasteiger partial charge in [0.15, 0.2) is 0 Å². The molecule has 26 heavy (non-hydrogen) atoms. The van der Waals surface area contributed by atoms with Gasteiger partial charge in [0.2, 0.25) is 5.91 Å². The Balaban J connectivity index is 1.49. The molecular formula is C19H27N3O3S. The van der Waals surface area contributed by atoms with Crippen molar-refractivity contribution in [1.29, 1.82) is 0 Å². The van der Waals surface area contributed by atoms with Gasteiger partial charge in [-0.25, -0.2) is 0 Å². The van der Waals surface area contributed by atoms with Crippen LogP contribution in [0.3, 0.4) is 0 Å². The van der Waals surface area contributed by atoms with Gasteiger partial charge in [0.1, 0.15) is 0 Å². The van der Waals surface area contributed by atoms with Gasteiger partial charge in [-0.05, 0) is 43.5 Å². The summed E-state index contributed by atoms with van der Waals surface area (Å²) < 4.78 is 11.4. The molecule has 2 saturated heterocycles. The van der Waals surface area contributed by atoms with E-state index < -0.39 is 10.8 Å². The third kappa shape index (κ3) is 4.71. The summed E-state index contributed by atoms with van der Waals surface area (Å²) in [6.07, 6.45) is 5.07. The predicted octanol–water partition coefficient (Wildman–Crippen LogP) is 1.19. The third-order valence-electron chi connectivity index (χ3n) is 5.16. The van der Waals surface area contributed by atoms with Crippen LogP contribution in [0, 0.1) is 0 Å². The van der Waals surface area contributed by atoms with Gasteiger partial charge in [-0.3, -0.25) is 18.7 Å². The van der Waals surface area contributed by atoms with E-state index >= 15 is 0 Å². The standard InChI is InChI=1S/C19H27N3O3S/c1-26(25)17-7-5-16(6-8-17)19(24)22-13-11-20(12-14-22)15-18(23)21-9-3-2-4-10-21/h5-8H,2-4,9-15H2,1H3. The summed E-state index contributed by atoms with van der Waals surface area (Å²) in [6.45, 7) is 4.94. The lowest BCUT2D eigenvalue weighted by atomic mass is 10.1. The SMILES string of the molecule is CS(=O)c1ccc(C(=O)N2CCN(CC(=O)N3CCCCC3)CC2)cc1. The van der Waals surface area contributed by atoms with Crippen LogP contribution in [0.4, 0.5) is 0 Å². The molecule has 1 aromatic rings. The molecule has 2 aliphatic heterocycles. The van der Waals surface area contributed by atoms with Crippen LogP contribution in [-0.4, -0.2) is 82.8 Å². The van der Waals surface area contributed by atoms with Crippen LogP contribution in [0.15, 0.2) is 29.2 Å². The predicted molar refractivity (Wildman–Crippen MR) is 102 cm³/mol. The zero-order valence-corrected chi connectivity index (χ0v) is 16.2. The molecule has 2 amide bonds. The molecule has 0 aromatic heterocycles. The fourth-order valence-corrected chi connectivity index (χ4v) is 4.03. The lowest BCUT2D eigenvalue weighted by Gasteiger charge is -2.36. The average molecular weight is 378 g/mol. The summed E-state index contributed by atoms with van der Waals surface area (Å²) >= 11 is 0. The molecule has 0 bridgehead atoms. The largest absolute Gasteiger partial charge is 0.342 e. The molecule has 7 heteroatoms. The van der Waals surface area contributed by atoms with E-state index in [0.29, 0.717) is 25.2 Å². The van der Waals surface area contributed by atoms with Crippen LogP contribution >= 0.6 is 0 Å². The highest BCUT2D eigenvalue weighted by atomic mass is 32.2. The molecule has 1 atom stereocenters. The molecule has 2 heterocycles. The number of hydrogen-bond acceptors (Lipinski definition) is 4. The van der Waals surface area contributed by atoms with Gasteiger partial charge in [-0.2, -0.15) is 0 Å². The second-order valence-electron chi connectivity index (χ2n) is 6.99. The quantitative estimate of drug-likeness (QED) is 0.791. The summed E-state index contributed by atoms with van der Waals surface area (Å²) in [5, 5.41) is 0. The molecule has 142 valence electrons. The second-order valence-corrected chi connectivity index (χ2v) is 8.37. The van der Waals surface area contributed by atoms with Gasteiger partial charge in [0, 0.05) is 66.8 Å². The van der Waals surface area contributed by atoms with Gasteiger partial charge in [0.05, 0.1) is 6.54 Å². The number of likely N-dealkylation sites (tertiary alicyclic amines) is 1. The Morgan fingerprint density at radius 1 is 0.885 bits per heavy atom. The highest BCUT2D eigenvalue weighted by Crippen LogP contribution is 2.13. The first kappa shape index (κ1) is 19.0. The van der Waals surface area contributed by atoms with Crippen molar-refractivity contribution in [3.63, 3.8) is 0 Å². The average Bonchev–Trinajstić information content (AvgIpc) is 2.69. The lowest BCUT2D eigenvalue weighted by Crippen LogP contribution is -2.52. The van der Waals surface area contributed by atoms with Crippen LogP contribution in [0.1, 0.15) is 29.6 Å². The summed E-state index contributed by atoms with van der Waals surface area (Å²) in [5.41, 5.74) is 0.622. The lowest BCUT2D eigenvalue weighted by molar-refractivity contribution is -0.133. The topological polar surface area (TPSA) is 60.9 Å². The second kappa shape index (κ2) is 8.77. The molecule has 6 nitrogen and oxygen atoms in total. The first-order chi connectivity index (χ1) is 12.5. The van der Waals surface area contributed by atoms with Crippen LogP contribution in [0.5, 0.6) is 0 Å². The Morgan fingerprint density at radius 3 is 2.08 bits per heavy atom. The minimum atomic E-state index is -1.04. The van der Waals surface area contributed by atoms with Crippen LogP contribution in [0.25, 0.3) is 0 Å². The fraction of sp³-hybridized carbons (Fsp3) is 0.579. The molecule has 0 spiro atoms. The Labute approximate surface area is 157 Å². The van der Waals surface area contributed by atoms with Gasteiger partial charge in [-0.15, -0.1) is 0 Å². The number of amides is 2. The van der Waals surface area contributed by atoms with Crippen LogP contribution in [-0.2, 0) is 15.6 Å². The van der Waals surface area contributed by atoms with E-state index in [-0.39, 0.29) is 11.8 Å². The van der Waals surface area contributed by atoms with Gasteiger partial charge in [-0.1, -0.05) is 0 Å². The number of piperazine rings is 1. The Kier molecular flexibility index (Phi) is 6.43. The number of carbonyl (C=O) groups is 2. The molecule has 0 N–H and O–H groups in total. The minimum absolute atomic E-state index is 0.000410. The third-order valence-corrected chi connectivity index (χ3v) is 6.10. The summed E-state index contributed by atoms with van der Waals surface area (Å²) in [7, 11) is -1.04. The number of piperidine rings is 1. The van der Waals surface area contributed by atoms with E-state index in [1.807, 2.05) is 9.80 Å². The maximum Gasteiger partial charge on any atom is 0.253 e. The number of carbonyl (C=O) groups excluding carboxylic acids is 2. The molecule has 0 radical (unpaired) electrons. The van der Waals surface area contributed by atoms with Gasteiger partial charge in [0.25, 0.3) is 5.91 Å². The molecular weight excluding hydrogens is 350 g/mol. The van der Waals surface area contributed by atoms with Gasteiger partial charge >= 0.3 is 0 Å². The van der Waals surface area contributed by atoms with E-state index in [1.54, 1.807) is 30.5 Å². The Hall–Kier alpha value is -1.73. The highest BCUT2D eigenvalue weighted by molar-refractivity contribution is 7.84. The van der Waals surface area contributed by atoms with Crippen LogP contribution < -0.4 is 0 Å². The smallest absolute Gasteiger partial charge is 0.253 e. The molecule has 2 fully saturated rings. The normalized spacial score (nSPS) is 20.0. The summed E-state index contributed by atoms with van der Waals surface area (Å²) in [4.78, 5) is 31.7. The van der Waals surface area contributed by atoms with E-state index in [4.69, 9.17) is 0 Å². The van der Waals surface area contributed by atoms with E-state index in [1.165, 1.54) is 6.42 Å². The van der Waals surface area contributed by atoms with Crippen LogP contribution in [0.2, 0.25) is 0 Å². The zero-order valence-electron chi connectivity index (χ0n) is 15.4. The zero-order chi connectivity index (χ0) is 18.5. The summed E-state index contributed by atoms with van der Waals surface area (Å²) in [6, 6.07) is 6.98. The molecule has 0 saturated carbocycles. The first-order valence-corrected chi connectivity index (χ1v) is 10.8. The molecule has 0 aliphatic carbocycles. The molecule has 2 aliphatic rings. The molecule has 1 aromatic carbocycles. The maximum absolute atomic E-state index is 12.6. The van der Waals surface area contributed by atoms with Crippen molar-refractivity contribution in [2.45, 2.75) is 24.2 Å². The Morgan fingerprint density at radius 2 is 1.50 bits per heavy atom. The number of rotatable bonds is 4. The number of hydrogen-bond donors (Lipinski definition) is 0. The van der Waals surface area contributed by atoms with E-state index in [2.05, 4.69) is 4.90 Å². The van der Waals surface area contributed by atoms with Crippen molar-refractivity contribution in [2.24, 2.45) is 0 Å². The van der Waals surface area contributed by atoms with E-state index in [9.17, 15) is 13.8 Å². The van der Waals surface area contributed by atoms with Crippen molar-refractivity contribution in [1.82, 2.24) is 14.7 Å². The van der Waals surface area contributed by atoms with Crippen molar-refractivity contribution >= 4 is 22.6 Å². The minimum Gasteiger partial charge on any atom is -0.342 e. The van der Waals surface area contributed by atoms with Crippen molar-refractivity contribution in [3.05, 3.63) is 29.8 Å². The number of benzene rings is 1. The Bertz CT molecular complexity index is 663. The van der Waals surface area contributed by atoms with Crippen molar-refractivity contribution < 1.29 is 13.8 Å². The van der Waals surface area contributed by atoms with Gasteiger partial charge < -0.3 is 9.80 Å². The van der Waals surface area contributed by atoms with Crippen molar-refractivity contribution in [2.75, 3.05) is 52.1 Å². The summed E-state index contributed by atoms with van der Waals surface area (Å²) in [5.74, 6) is 0.216. The fourth-order valence-electron chi connectivity index (χ4n) is 3.52. The van der Waals surface area contributed by atoms with Crippen molar-refractivity contribution in [3.8, 4) is 0 Å². The molecule has 3 rings (SSSR count). The van der Waals surface area contributed by atoms with E-state index in [0.717, 1.165) is 43.9 Å². The maximum atomic E-state index is 12.6. The highest BCUT2D eigenvalue weighted by Gasteiger charge is 2.25. The first-order valence-electron chi connectivity index (χ1n) is 9.27. The molecule has 1 unspecified atom stereocenters. The number of nitrogens with zero attached hydrogens (tertiary/aromatic N) is 3.